The zero-order valence-corrected chi connectivity index (χ0v) is 16.8. The van der Waals surface area contributed by atoms with E-state index >= 15 is 0 Å². The fourth-order valence-corrected chi connectivity index (χ4v) is 2.86. The number of anilines is 1. The Morgan fingerprint density at radius 3 is 2.41 bits per heavy atom. The van der Waals surface area contributed by atoms with Crippen LogP contribution < -0.4 is 15.4 Å². The smallest absolute Gasteiger partial charge is 0.278 e. The van der Waals surface area contributed by atoms with Crippen molar-refractivity contribution >= 4 is 17.5 Å². The second-order valence-electron chi connectivity index (χ2n) is 6.56. The Bertz CT molecular complexity index is 1260. The van der Waals surface area contributed by atoms with E-state index in [1.165, 1.54) is 43.6 Å². The summed E-state index contributed by atoms with van der Waals surface area (Å²) in [5, 5.41) is 15.6. The van der Waals surface area contributed by atoms with Crippen LogP contribution in [0.15, 0.2) is 66.9 Å². The monoisotopic (exact) mass is 432 g/mol. The van der Waals surface area contributed by atoms with E-state index in [-0.39, 0.29) is 23.1 Å². The predicted molar refractivity (Wildman–Crippen MR) is 114 cm³/mol. The molecule has 0 bridgehead atoms. The van der Waals surface area contributed by atoms with Crippen LogP contribution in [-0.4, -0.2) is 39.3 Å². The lowest BCUT2D eigenvalue weighted by molar-refractivity contribution is 0.0957. The van der Waals surface area contributed by atoms with E-state index in [1.54, 1.807) is 30.3 Å². The molecule has 4 rings (SSSR count). The molecule has 0 spiro atoms. The summed E-state index contributed by atoms with van der Waals surface area (Å²) >= 11 is 0. The van der Waals surface area contributed by atoms with Gasteiger partial charge in [-0.1, -0.05) is 0 Å². The van der Waals surface area contributed by atoms with Gasteiger partial charge in [-0.2, -0.15) is 15.4 Å². The van der Waals surface area contributed by atoms with Crippen LogP contribution in [0, 0.1) is 5.82 Å². The Kier molecular flexibility index (Phi) is 5.84. The summed E-state index contributed by atoms with van der Waals surface area (Å²) < 4.78 is 18.9. The maximum Gasteiger partial charge on any atom is 0.278 e. The second-order valence-corrected chi connectivity index (χ2v) is 6.56. The number of halogens is 1. The number of carbonyl (C=O) groups is 2. The first-order chi connectivity index (χ1) is 15.5. The van der Waals surface area contributed by atoms with Gasteiger partial charge in [-0.25, -0.2) is 4.39 Å². The number of hydrogen-bond donors (Lipinski definition) is 3. The van der Waals surface area contributed by atoms with Crippen molar-refractivity contribution in [3.8, 4) is 22.8 Å². The van der Waals surface area contributed by atoms with Gasteiger partial charge in [0.1, 0.15) is 28.7 Å². The Hall–Kier alpha value is -4.60. The molecule has 0 unspecified atom stereocenters. The number of carbonyl (C=O) groups excluding carboxylic acids is 2. The number of nitrogens with zero attached hydrogens (tertiary/aromatic N) is 3. The molecule has 0 aliphatic rings. The van der Waals surface area contributed by atoms with Gasteiger partial charge < -0.3 is 15.4 Å². The Labute approximate surface area is 181 Å². The molecular weight excluding hydrogens is 415 g/mol. The highest BCUT2D eigenvalue weighted by atomic mass is 19.1. The van der Waals surface area contributed by atoms with Gasteiger partial charge in [-0.3, -0.25) is 14.6 Å². The van der Waals surface area contributed by atoms with Gasteiger partial charge in [0.2, 0.25) is 0 Å². The largest absolute Gasteiger partial charge is 0.457 e. The van der Waals surface area contributed by atoms with Crippen LogP contribution in [0.5, 0.6) is 11.5 Å². The molecule has 0 atom stereocenters. The van der Waals surface area contributed by atoms with Crippen molar-refractivity contribution in [3.05, 3.63) is 84.1 Å². The number of amides is 2. The lowest BCUT2D eigenvalue weighted by Crippen LogP contribution is -2.18. The zero-order valence-electron chi connectivity index (χ0n) is 16.8. The number of rotatable bonds is 6. The van der Waals surface area contributed by atoms with E-state index in [4.69, 9.17) is 4.74 Å². The summed E-state index contributed by atoms with van der Waals surface area (Å²) in [7, 11) is 1.52. The molecule has 2 heterocycles. The Morgan fingerprint density at radius 1 is 0.938 bits per heavy atom. The van der Waals surface area contributed by atoms with Crippen molar-refractivity contribution in [1.82, 2.24) is 25.7 Å². The molecule has 2 amide bonds. The number of aromatic amines is 1. The molecule has 0 saturated heterocycles. The summed E-state index contributed by atoms with van der Waals surface area (Å²) in [6, 6.07) is 15.4. The van der Waals surface area contributed by atoms with Crippen LogP contribution in [0.25, 0.3) is 11.3 Å². The number of H-pyrrole nitrogens is 1. The van der Waals surface area contributed by atoms with Crippen LogP contribution in [0.4, 0.5) is 10.1 Å². The Balaban J connectivity index is 1.45. The summed E-state index contributed by atoms with van der Waals surface area (Å²) in [6.45, 7) is 0. The van der Waals surface area contributed by atoms with Crippen molar-refractivity contribution in [2.75, 3.05) is 12.4 Å². The molecule has 32 heavy (non-hydrogen) atoms. The summed E-state index contributed by atoms with van der Waals surface area (Å²) in [5.74, 6) is -0.230. The lowest BCUT2D eigenvalue weighted by Gasteiger charge is -2.09. The van der Waals surface area contributed by atoms with Crippen LogP contribution in [0.2, 0.25) is 0 Å². The molecule has 0 saturated carbocycles. The van der Waals surface area contributed by atoms with Crippen LogP contribution in [0.1, 0.15) is 21.0 Å². The quantitative estimate of drug-likeness (QED) is 0.429. The first-order valence-electron chi connectivity index (χ1n) is 9.47. The minimum Gasteiger partial charge on any atom is -0.457 e. The zero-order chi connectivity index (χ0) is 22.5. The third-order valence-electron chi connectivity index (χ3n) is 4.42. The fourth-order valence-electron chi connectivity index (χ4n) is 2.86. The molecule has 0 fully saturated rings. The van der Waals surface area contributed by atoms with E-state index in [9.17, 15) is 14.0 Å². The van der Waals surface area contributed by atoms with Gasteiger partial charge in [0, 0.05) is 30.6 Å². The average Bonchev–Trinajstić information content (AvgIpc) is 3.31. The normalized spacial score (nSPS) is 10.4. The summed E-state index contributed by atoms with van der Waals surface area (Å²) in [5.41, 5.74) is 1.69. The third-order valence-corrected chi connectivity index (χ3v) is 4.42. The molecule has 10 heteroatoms. The second kappa shape index (κ2) is 9.04. The molecule has 9 nitrogen and oxygen atoms in total. The van der Waals surface area contributed by atoms with Crippen LogP contribution in [-0.2, 0) is 0 Å². The Morgan fingerprint density at radius 2 is 1.69 bits per heavy atom. The average molecular weight is 432 g/mol. The number of aromatic nitrogens is 4. The van der Waals surface area contributed by atoms with Crippen molar-refractivity contribution in [3.63, 3.8) is 0 Å². The van der Waals surface area contributed by atoms with Crippen molar-refractivity contribution in [1.29, 1.82) is 0 Å². The van der Waals surface area contributed by atoms with Gasteiger partial charge in [-0.05, 0) is 54.6 Å². The maximum atomic E-state index is 13.2. The molecule has 2 aromatic heterocycles. The first kappa shape index (κ1) is 20.7. The molecule has 0 aliphatic carbocycles. The van der Waals surface area contributed by atoms with E-state index < -0.39 is 5.91 Å². The molecule has 0 aliphatic heterocycles. The van der Waals surface area contributed by atoms with Crippen LogP contribution >= 0.6 is 0 Å². The number of hydrogen-bond acceptors (Lipinski definition) is 6. The molecule has 160 valence electrons. The summed E-state index contributed by atoms with van der Waals surface area (Å²) in [6.07, 6.45) is 1.48. The van der Waals surface area contributed by atoms with E-state index in [2.05, 4.69) is 31.0 Å². The maximum absolute atomic E-state index is 13.2. The highest BCUT2D eigenvalue weighted by Crippen LogP contribution is 2.24. The third kappa shape index (κ3) is 4.59. The van der Waals surface area contributed by atoms with Gasteiger partial charge in [0.25, 0.3) is 11.8 Å². The van der Waals surface area contributed by atoms with Crippen molar-refractivity contribution in [2.45, 2.75) is 0 Å². The number of nitrogens with one attached hydrogen (secondary N) is 3. The van der Waals surface area contributed by atoms with Gasteiger partial charge >= 0.3 is 0 Å². The minimum absolute atomic E-state index is 0.0791. The van der Waals surface area contributed by atoms with Crippen molar-refractivity contribution in [2.24, 2.45) is 0 Å². The lowest BCUT2D eigenvalue weighted by atomic mass is 10.1. The van der Waals surface area contributed by atoms with E-state index in [0.717, 1.165) is 0 Å². The number of ether oxygens (including phenoxy) is 1. The van der Waals surface area contributed by atoms with Gasteiger partial charge in [-0.15, -0.1) is 0 Å². The highest BCUT2D eigenvalue weighted by molar-refractivity contribution is 6.06. The predicted octanol–water partition coefficient (Wildman–Crippen LogP) is 3.41. The van der Waals surface area contributed by atoms with Crippen molar-refractivity contribution < 1.29 is 18.7 Å². The van der Waals surface area contributed by atoms with Gasteiger partial charge in [0.05, 0.1) is 0 Å². The molecular formula is C22H17FN6O3. The van der Waals surface area contributed by atoms with Crippen LogP contribution in [0.3, 0.4) is 0 Å². The van der Waals surface area contributed by atoms with E-state index in [1.807, 2.05) is 0 Å². The molecule has 4 aromatic rings. The number of benzene rings is 2. The fraction of sp³-hybridized carbons (Fsp3) is 0.0455. The standard InChI is InChI=1S/C22H17FN6O3/c1-24-21(30)18-12-17(10-11-25-18)32-16-8-6-15(7-9-16)26-22(31)20-19(27-29-28-20)13-2-4-14(23)5-3-13/h2-12H,1H3,(H,24,30)(H,26,31)(H,27,28,29). The summed E-state index contributed by atoms with van der Waals surface area (Å²) in [4.78, 5) is 28.3. The number of pyridine rings is 1. The SMILES string of the molecule is CNC(=O)c1cc(Oc2ccc(NC(=O)c3n[nH]nc3-c3ccc(F)cc3)cc2)ccn1. The van der Waals surface area contributed by atoms with E-state index in [0.29, 0.717) is 28.4 Å². The first-order valence-corrected chi connectivity index (χ1v) is 9.47. The topological polar surface area (TPSA) is 122 Å². The minimum atomic E-state index is -0.476. The highest BCUT2D eigenvalue weighted by Gasteiger charge is 2.18. The molecule has 0 radical (unpaired) electrons. The molecule has 3 N–H and O–H groups in total. The molecule has 2 aromatic carbocycles. The van der Waals surface area contributed by atoms with Gasteiger partial charge in [0.15, 0.2) is 5.69 Å².